The van der Waals surface area contributed by atoms with Crippen LogP contribution in [-0.2, 0) is 0 Å². The van der Waals surface area contributed by atoms with Crippen molar-refractivity contribution in [3.63, 3.8) is 0 Å². The van der Waals surface area contributed by atoms with Crippen molar-refractivity contribution in [2.45, 2.75) is 18.9 Å². The first kappa shape index (κ1) is 8.09. The van der Waals surface area contributed by atoms with Crippen LogP contribution in [0.2, 0.25) is 0 Å². The summed E-state index contributed by atoms with van der Waals surface area (Å²) in [6, 6.07) is 0. The molecule has 0 aromatic rings. The van der Waals surface area contributed by atoms with Crippen LogP contribution in [0.25, 0.3) is 0 Å². The normalized spacial score (nSPS) is 44.7. The van der Waals surface area contributed by atoms with Gasteiger partial charge in [-0.05, 0) is 31.8 Å². The molecule has 0 saturated carbocycles. The van der Waals surface area contributed by atoms with Crippen molar-refractivity contribution in [1.29, 1.82) is 0 Å². The fraction of sp³-hybridized carbons (Fsp3) is 1.00. The summed E-state index contributed by atoms with van der Waals surface area (Å²) in [4.78, 5) is 2.35. The summed E-state index contributed by atoms with van der Waals surface area (Å²) < 4.78 is 0. The monoisotopic (exact) mass is 141 g/mol. The van der Waals surface area contributed by atoms with E-state index in [0.29, 0.717) is 5.92 Å². The Balaban J connectivity index is 0.000000500. The second-order valence-electron chi connectivity index (χ2n) is 3.21. The van der Waals surface area contributed by atoms with Crippen LogP contribution >= 0.6 is 0 Å². The van der Waals surface area contributed by atoms with E-state index in [1.807, 2.05) is 0 Å². The number of piperidine rings is 3. The minimum atomic E-state index is -0.00694. The predicted molar refractivity (Wildman–Crippen MR) is 45.1 cm³/mol. The molecule has 0 aromatic carbocycles. The summed E-state index contributed by atoms with van der Waals surface area (Å²) in [5, 5.41) is 9.36. The first-order valence-corrected chi connectivity index (χ1v) is 3.76. The first-order valence-electron chi connectivity index (χ1n) is 3.76. The molecule has 0 amide bonds. The molecule has 3 heterocycles. The quantitative estimate of drug-likeness (QED) is 0.432. The van der Waals surface area contributed by atoms with Crippen molar-refractivity contribution in [2.75, 3.05) is 19.6 Å². The molecule has 58 valence electrons. The largest absolute Gasteiger partial charge is 0.392 e. The van der Waals surface area contributed by atoms with Gasteiger partial charge in [0.2, 0.25) is 0 Å². The van der Waals surface area contributed by atoms with Gasteiger partial charge in [0.15, 0.2) is 0 Å². The molecule has 3 aliphatic rings. The van der Waals surface area contributed by atoms with Gasteiger partial charge in [0.1, 0.15) is 0 Å². The van der Waals surface area contributed by atoms with E-state index in [2.05, 4.69) is 4.90 Å². The van der Waals surface area contributed by atoms with Gasteiger partial charge in [-0.2, -0.15) is 0 Å². The molecule has 10 heavy (non-hydrogen) atoms. The molecule has 1 unspecified atom stereocenters. The van der Waals surface area contributed by atoms with E-state index in [0.717, 1.165) is 6.54 Å². The average Bonchev–Trinajstić information content (AvgIpc) is 1.90. The van der Waals surface area contributed by atoms with Crippen molar-refractivity contribution < 1.29 is 5.11 Å². The van der Waals surface area contributed by atoms with Crippen LogP contribution in [0.4, 0.5) is 0 Å². The fourth-order valence-electron chi connectivity index (χ4n) is 1.93. The topological polar surface area (TPSA) is 23.5 Å². The number of hydrogen-bond donors (Lipinski definition) is 1. The number of fused-ring (bicyclic) bond motifs is 3. The maximum atomic E-state index is 9.36. The number of aliphatic hydroxyl groups is 1. The number of aliphatic hydroxyl groups excluding tert-OH is 1. The lowest BCUT2D eigenvalue weighted by molar-refractivity contribution is -0.0227. The molecule has 1 atom stereocenters. The van der Waals surface area contributed by atoms with Gasteiger partial charge in [-0.3, -0.25) is 0 Å². The van der Waals surface area contributed by atoms with Gasteiger partial charge in [-0.15, -0.1) is 0 Å². The van der Waals surface area contributed by atoms with E-state index < -0.39 is 0 Å². The Kier molecular flexibility index (Phi) is 2.37. The van der Waals surface area contributed by atoms with Crippen molar-refractivity contribution in [3.05, 3.63) is 0 Å². The van der Waals surface area contributed by atoms with E-state index in [-0.39, 0.29) is 14.5 Å². The molecular weight excluding hydrogens is 125 g/mol. The van der Waals surface area contributed by atoms with Gasteiger partial charge < -0.3 is 10.0 Å². The Morgan fingerprint density at radius 1 is 1.20 bits per heavy atom. The smallest absolute Gasteiger partial charge is 0.0814 e. The lowest BCUT2D eigenvalue weighted by Gasteiger charge is -2.42. The van der Waals surface area contributed by atoms with Crippen LogP contribution in [-0.4, -0.2) is 44.2 Å². The van der Waals surface area contributed by atoms with E-state index >= 15 is 0 Å². The third kappa shape index (κ3) is 1.20. The molecule has 3 saturated heterocycles. The van der Waals surface area contributed by atoms with Gasteiger partial charge in [-0.1, -0.05) is 0 Å². The molecule has 3 aliphatic heterocycles. The minimum Gasteiger partial charge on any atom is -0.392 e. The summed E-state index contributed by atoms with van der Waals surface area (Å²) in [5.41, 5.74) is 0. The van der Waals surface area contributed by atoms with E-state index in [9.17, 15) is 5.11 Å². The van der Waals surface area contributed by atoms with E-state index in [4.69, 9.17) is 0 Å². The Bertz CT molecular complexity index is 112. The van der Waals surface area contributed by atoms with E-state index in [1.165, 1.54) is 25.9 Å². The third-order valence-corrected chi connectivity index (χ3v) is 2.62. The molecule has 0 aliphatic carbocycles. The zero-order valence-electron chi connectivity index (χ0n) is 5.58. The summed E-state index contributed by atoms with van der Waals surface area (Å²) in [6.07, 6.45) is 2.44. The van der Waals surface area contributed by atoms with Crippen molar-refractivity contribution >= 4 is 8.41 Å². The first-order chi connectivity index (χ1) is 4.36. The van der Waals surface area contributed by atoms with Crippen molar-refractivity contribution in [2.24, 2.45) is 5.92 Å². The Morgan fingerprint density at radius 2 is 1.80 bits per heavy atom. The summed E-state index contributed by atoms with van der Waals surface area (Å²) >= 11 is 0. The number of hydrogen-bond acceptors (Lipinski definition) is 2. The lowest BCUT2D eigenvalue weighted by Crippen LogP contribution is -2.50. The third-order valence-electron chi connectivity index (χ3n) is 2.62. The second-order valence-corrected chi connectivity index (χ2v) is 3.21. The van der Waals surface area contributed by atoms with Crippen molar-refractivity contribution in [1.82, 2.24) is 4.90 Å². The van der Waals surface area contributed by atoms with Crippen LogP contribution in [0.5, 0.6) is 0 Å². The highest BCUT2D eigenvalue weighted by atomic mass is 16.3. The Labute approximate surface area is 63.8 Å². The van der Waals surface area contributed by atoms with Crippen molar-refractivity contribution in [3.8, 4) is 0 Å². The minimum absolute atomic E-state index is 0. The van der Waals surface area contributed by atoms with E-state index in [1.54, 1.807) is 0 Å². The maximum absolute atomic E-state index is 9.36. The summed E-state index contributed by atoms with van der Waals surface area (Å²) in [5.74, 6) is 0.634. The SMILES string of the molecule is B.OC1CN2CCC1CC2. The highest BCUT2D eigenvalue weighted by Crippen LogP contribution is 2.26. The maximum Gasteiger partial charge on any atom is 0.0814 e. The fourth-order valence-corrected chi connectivity index (χ4v) is 1.93. The Morgan fingerprint density at radius 3 is 2.00 bits per heavy atom. The van der Waals surface area contributed by atoms with Gasteiger partial charge >= 0.3 is 0 Å². The summed E-state index contributed by atoms with van der Waals surface area (Å²) in [6.45, 7) is 3.38. The zero-order valence-corrected chi connectivity index (χ0v) is 5.58. The molecule has 0 aromatic heterocycles. The highest BCUT2D eigenvalue weighted by Gasteiger charge is 2.32. The van der Waals surface area contributed by atoms with Gasteiger partial charge in [0, 0.05) is 6.54 Å². The predicted octanol–water partition coefficient (Wildman–Crippen LogP) is -1.11. The molecule has 3 heteroatoms. The molecule has 3 fully saturated rings. The zero-order chi connectivity index (χ0) is 6.27. The van der Waals surface area contributed by atoms with Gasteiger partial charge in [0.25, 0.3) is 0 Å². The number of nitrogens with zero attached hydrogens (tertiary/aromatic N) is 1. The Hall–Kier alpha value is -0.0151. The van der Waals surface area contributed by atoms with Crippen LogP contribution < -0.4 is 0 Å². The molecule has 0 spiro atoms. The molecule has 2 bridgehead atoms. The number of rotatable bonds is 0. The molecule has 2 nitrogen and oxygen atoms in total. The lowest BCUT2D eigenvalue weighted by atomic mass is 9.86. The molecule has 3 rings (SSSR count). The van der Waals surface area contributed by atoms with Crippen LogP contribution in [0, 0.1) is 5.92 Å². The second kappa shape index (κ2) is 2.93. The van der Waals surface area contributed by atoms with Gasteiger partial charge in [0.05, 0.1) is 14.5 Å². The van der Waals surface area contributed by atoms with Crippen LogP contribution in [0.15, 0.2) is 0 Å². The molecular formula is C7H16BNO. The van der Waals surface area contributed by atoms with Gasteiger partial charge in [-0.25, -0.2) is 0 Å². The summed E-state index contributed by atoms with van der Waals surface area (Å²) in [7, 11) is 0. The van der Waals surface area contributed by atoms with Crippen LogP contribution in [0.1, 0.15) is 12.8 Å². The molecule has 1 N–H and O–H groups in total. The highest BCUT2D eigenvalue weighted by molar-refractivity contribution is 5.75. The van der Waals surface area contributed by atoms with Crippen LogP contribution in [0.3, 0.4) is 0 Å². The average molecular weight is 141 g/mol. The standard InChI is InChI=1S/C7H13NO.BH3/c9-7-5-8-3-1-6(7)2-4-8;/h6-7,9H,1-5H2;1H3. The molecule has 0 radical (unpaired) electrons.